The van der Waals surface area contributed by atoms with E-state index in [1.165, 1.54) is 49.7 Å². The van der Waals surface area contributed by atoms with Crippen molar-refractivity contribution in [1.29, 1.82) is 0 Å². The van der Waals surface area contributed by atoms with Crippen LogP contribution in [0.2, 0.25) is 0 Å². The molecule has 0 bridgehead atoms. The largest absolute Gasteiger partial charge is 0.493 e. The zero-order chi connectivity index (χ0) is 25.0. The third-order valence-corrected chi connectivity index (χ3v) is 7.13. The molecule has 1 amide bonds. The first-order chi connectivity index (χ1) is 16.8. The van der Waals surface area contributed by atoms with Crippen molar-refractivity contribution in [2.45, 2.75) is 19.9 Å². The molecule has 3 heterocycles. The maximum absolute atomic E-state index is 14.0. The highest BCUT2D eigenvalue weighted by Crippen LogP contribution is 2.47. The van der Waals surface area contributed by atoms with E-state index in [1.807, 2.05) is 13.8 Å². The Balaban J connectivity index is 1.85. The number of methoxy groups -OCH3 is 3. The van der Waals surface area contributed by atoms with Gasteiger partial charge in [-0.3, -0.25) is 14.5 Å². The average Bonchev–Trinajstić information content (AvgIpc) is 3.34. The van der Waals surface area contributed by atoms with Crippen molar-refractivity contribution in [3.05, 3.63) is 73.8 Å². The van der Waals surface area contributed by atoms with E-state index in [1.54, 1.807) is 12.1 Å². The van der Waals surface area contributed by atoms with Crippen LogP contribution in [0.4, 0.5) is 9.52 Å². The highest BCUT2D eigenvalue weighted by atomic mass is 32.1. The van der Waals surface area contributed by atoms with E-state index in [9.17, 15) is 14.0 Å². The Morgan fingerprint density at radius 3 is 2.29 bits per heavy atom. The predicted octanol–water partition coefficient (Wildman–Crippen LogP) is 4.78. The standard InChI is InChI=1S/C25H21FN2O6S/c1-11-12(2)35-25(27-11)28-20(13-8-17(31-3)22(33-5)18(9-13)32-4)19-21(29)15-10-14(26)6-7-16(15)34-23(19)24(28)30/h6-10,20H,1-5H3/t20-/m1/s1. The van der Waals surface area contributed by atoms with E-state index >= 15 is 0 Å². The van der Waals surface area contributed by atoms with E-state index < -0.39 is 23.2 Å². The highest BCUT2D eigenvalue weighted by molar-refractivity contribution is 7.15. The van der Waals surface area contributed by atoms with Crippen LogP contribution in [0, 0.1) is 19.7 Å². The number of carbonyl (C=O) groups is 1. The van der Waals surface area contributed by atoms with E-state index in [2.05, 4.69) is 4.98 Å². The number of fused-ring (bicyclic) bond motifs is 2. The van der Waals surface area contributed by atoms with Crippen LogP contribution in [-0.2, 0) is 0 Å². The van der Waals surface area contributed by atoms with Gasteiger partial charge in [0, 0.05) is 4.88 Å². The summed E-state index contributed by atoms with van der Waals surface area (Å²) in [7, 11) is 4.44. The minimum atomic E-state index is -0.917. The second-order valence-electron chi connectivity index (χ2n) is 7.99. The molecule has 1 atom stereocenters. The molecule has 0 saturated carbocycles. The molecule has 0 radical (unpaired) electrons. The van der Waals surface area contributed by atoms with Crippen molar-refractivity contribution in [1.82, 2.24) is 4.98 Å². The van der Waals surface area contributed by atoms with Gasteiger partial charge in [0.25, 0.3) is 5.91 Å². The first-order valence-corrected chi connectivity index (χ1v) is 11.4. The Bertz CT molecular complexity index is 1520. The number of anilines is 1. The number of benzene rings is 2. The summed E-state index contributed by atoms with van der Waals surface area (Å²) >= 11 is 1.33. The van der Waals surface area contributed by atoms with Crippen molar-refractivity contribution < 1.29 is 27.8 Å². The van der Waals surface area contributed by atoms with Gasteiger partial charge in [0.05, 0.1) is 44.0 Å². The van der Waals surface area contributed by atoms with Gasteiger partial charge in [0.1, 0.15) is 11.4 Å². The number of aromatic nitrogens is 1. The molecule has 1 aliphatic heterocycles. The van der Waals surface area contributed by atoms with Crippen LogP contribution in [0.3, 0.4) is 0 Å². The molecule has 10 heteroatoms. The van der Waals surface area contributed by atoms with Gasteiger partial charge in [0.2, 0.25) is 11.5 Å². The summed E-state index contributed by atoms with van der Waals surface area (Å²) in [6.07, 6.45) is 0. The molecule has 0 saturated heterocycles. The smallest absolute Gasteiger partial charge is 0.297 e. The molecule has 35 heavy (non-hydrogen) atoms. The summed E-state index contributed by atoms with van der Waals surface area (Å²) in [5, 5.41) is 0.451. The summed E-state index contributed by atoms with van der Waals surface area (Å²) in [6.45, 7) is 3.75. The van der Waals surface area contributed by atoms with Gasteiger partial charge in [-0.1, -0.05) is 0 Å². The van der Waals surface area contributed by atoms with Gasteiger partial charge >= 0.3 is 0 Å². The molecular weight excluding hydrogens is 475 g/mol. The molecule has 4 aromatic rings. The number of hydrogen-bond donors (Lipinski definition) is 0. The number of ether oxygens (including phenoxy) is 3. The lowest BCUT2D eigenvalue weighted by atomic mass is 9.98. The Morgan fingerprint density at radius 1 is 1.03 bits per heavy atom. The van der Waals surface area contributed by atoms with Gasteiger partial charge in [-0.05, 0) is 49.7 Å². The summed E-state index contributed by atoms with van der Waals surface area (Å²) in [5.41, 5.74) is 0.998. The van der Waals surface area contributed by atoms with Crippen LogP contribution in [0.15, 0.2) is 39.5 Å². The van der Waals surface area contributed by atoms with Crippen LogP contribution in [-0.4, -0.2) is 32.2 Å². The molecule has 0 N–H and O–H groups in total. The number of thiazole rings is 1. The molecule has 180 valence electrons. The van der Waals surface area contributed by atoms with Crippen LogP contribution < -0.4 is 24.5 Å². The molecule has 0 aliphatic carbocycles. The third kappa shape index (κ3) is 3.44. The first kappa shape index (κ1) is 22.9. The number of halogens is 1. The lowest BCUT2D eigenvalue weighted by Crippen LogP contribution is -2.29. The maximum Gasteiger partial charge on any atom is 0.297 e. The second kappa shape index (κ2) is 8.38. The van der Waals surface area contributed by atoms with E-state index in [-0.39, 0.29) is 22.3 Å². The van der Waals surface area contributed by atoms with Gasteiger partial charge in [0.15, 0.2) is 22.1 Å². The normalized spacial score (nSPS) is 15.0. The van der Waals surface area contributed by atoms with Crippen molar-refractivity contribution in [2.24, 2.45) is 0 Å². The van der Waals surface area contributed by atoms with Crippen LogP contribution >= 0.6 is 11.3 Å². The van der Waals surface area contributed by atoms with Gasteiger partial charge in [-0.2, -0.15) is 0 Å². The number of amides is 1. The molecule has 0 fully saturated rings. The number of nitrogens with zero attached hydrogens (tertiary/aromatic N) is 2. The fourth-order valence-electron chi connectivity index (χ4n) is 4.28. The molecule has 2 aromatic heterocycles. The number of hydrogen-bond acceptors (Lipinski definition) is 8. The Kier molecular flexibility index (Phi) is 5.47. The third-order valence-electron chi connectivity index (χ3n) is 6.06. The number of aryl methyl sites for hydroxylation is 2. The van der Waals surface area contributed by atoms with E-state index in [0.29, 0.717) is 27.9 Å². The van der Waals surface area contributed by atoms with Gasteiger partial charge in [-0.25, -0.2) is 9.37 Å². The van der Waals surface area contributed by atoms with Crippen LogP contribution in [0.25, 0.3) is 11.0 Å². The number of carbonyl (C=O) groups excluding carboxylic acids is 1. The molecule has 0 unspecified atom stereocenters. The maximum atomic E-state index is 14.0. The van der Waals surface area contributed by atoms with Gasteiger partial charge < -0.3 is 18.6 Å². The molecule has 8 nitrogen and oxygen atoms in total. The second-order valence-corrected chi connectivity index (χ2v) is 9.17. The zero-order valence-corrected chi connectivity index (χ0v) is 20.4. The fraction of sp³-hybridized carbons (Fsp3) is 0.240. The molecule has 0 spiro atoms. The van der Waals surface area contributed by atoms with Gasteiger partial charge in [-0.15, -0.1) is 11.3 Å². The van der Waals surface area contributed by atoms with E-state index in [4.69, 9.17) is 18.6 Å². The van der Waals surface area contributed by atoms with Crippen molar-refractivity contribution in [3.63, 3.8) is 0 Å². The summed E-state index contributed by atoms with van der Waals surface area (Å²) in [4.78, 5) is 34.3. The Morgan fingerprint density at radius 2 is 1.71 bits per heavy atom. The molecule has 1 aliphatic rings. The topological polar surface area (TPSA) is 91.1 Å². The van der Waals surface area contributed by atoms with Crippen LogP contribution in [0.1, 0.15) is 38.3 Å². The summed E-state index contributed by atoms with van der Waals surface area (Å²) in [6, 6.07) is 6.06. The Hall–Kier alpha value is -3.92. The lowest BCUT2D eigenvalue weighted by molar-refractivity contribution is 0.0971. The Labute approximate surface area is 203 Å². The van der Waals surface area contributed by atoms with Crippen molar-refractivity contribution in [3.8, 4) is 17.2 Å². The summed E-state index contributed by atoms with van der Waals surface area (Å²) in [5.74, 6) is -0.144. The SMILES string of the molecule is COc1cc([C@@H]2c3c(oc4ccc(F)cc4c3=O)C(=O)N2c2nc(C)c(C)s2)cc(OC)c1OC. The number of rotatable bonds is 5. The average molecular weight is 497 g/mol. The minimum absolute atomic E-state index is 0.0438. The van der Waals surface area contributed by atoms with Crippen molar-refractivity contribution >= 4 is 33.3 Å². The molecule has 2 aromatic carbocycles. The zero-order valence-electron chi connectivity index (χ0n) is 19.6. The fourth-order valence-corrected chi connectivity index (χ4v) is 5.21. The van der Waals surface area contributed by atoms with Crippen LogP contribution in [0.5, 0.6) is 17.2 Å². The predicted molar refractivity (Wildman–Crippen MR) is 129 cm³/mol. The lowest BCUT2D eigenvalue weighted by Gasteiger charge is -2.24. The quantitative estimate of drug-likeness (QED) is 0.393. The molecule has 5 rings (SSSR count). The van der Waals surface area contributed by atoms with Crippen molar-refractivity contribution in [2.75, 3.05) is 26.2 Å². The highest BCUT2D eigenvalue weighted by Gasteiger charge is 2.45. The van der Waals surface area contributed by atoms with E-state index in [0.717, 1.165) is 16.6 Å². The molecular formula is C25H21FN2O6S. The minimum Gasteiger partial charge on any atom is -0.493 e. The summed E-state index contributed by atoms with van der Waals surface area (Å²) < 4.78 is 36.3. The monoisotopic (exact) mass is 496 g/mol. The first-order valence-electron chi connectivity index (χ1n) is 10.6.